The third kappa shape index (κ3) is 3.35. The van der Waals surface area contributed by atoms with E-state index in [1.54, 1.807) is 0 Å². The smallest absolute Gasteiger partial charge is 0.0726 e. The van der Waals surface area contributed by atoms with Crippen LogP contribution in [0.1, 0.15) is 22.3 Å². The maximum atomic E-state index is 2.48. The predicted molar refractivity (Wildman–Crippen MR) is 192 cm³/mol. The number of benzene rings is 8. The first kappa shape index (κ1) is 25.4. The van der Waals surface area contributed by atoms with E-state index in [1.165, 1.54) is 71.7 Å². The van der Waals surface area contributed by atoms with Crippen molar-refractivity contribution in [1.29, 1.82) is 0 Å². The summed E-state index contributed by atoms with van der Waals surface area (Å²) in [5.74, 6) is 0. The third-order valence-corrected chi connectivity index (χ3v) is 10.2. The predicted octanol–water partition coefficient (Wildman–Crippen LogP) is 11.8. The Morgan fingerprint density at radius 3 is 1.65 bits per heavy atom. The molecule has 0 atom stereocenters. The SMILES string of the molecule is c1ccc(N(c2ccc3c(c2)C2(c4ccccc4-c4ccccc42)c2cc4ccccc4cc2-3)c2cccc3ccccc23)cc1. The number of rotatable bonds is 3. The Morgan fingerprint density at radius 2 is 0.891 bits per heavy atom. The Kier molecular flexibility index (Phi) is 5.27. The zero-order valence-corrected chi connectivity index (χ0v) is 25.2. The second-order valence-corrected chi connectivity index (χ2v) is 12.5. The summed E-state index contributed by atoms with van der Waals surface area (Å²) >= 11 is 0. The van der Waals surface area contributed by atoms with Gasteiger partial charge < -0.3 is 4.90 Å². The monoisotopic (exact) mass is 583 g/mol. The summed E-state index contributed by atoms with van der Waals surface area (Å²) in [7, 11) is 0. The van der Waals surface area contributed by atoms with Crippen molar-refractivity contribution in [2.45, 2.75) is 5.41 Å². The van der Waals surface area contributed by atoms with Crippen LogP contribution >= 0.6 is 0 Å². The van der Waals surface area contributed by atoms with Gasteiger partial charge in [0.15, 0.2) is 0 Å². The minimum absolute atomic E-state index is 0.418. The van der Waals surface area contributed by atoms with Crippen LogP contribution in [0, 0.1) is 0 Å². The summed E-state index contributed by atoms with van der Waals surface area (Å²) in [6, 6.07) is 65.0. The van der Waals surface area contributed by atoms with Gasteiger partial charge in [-0.1, -0.05) is 133 Å². The van der Waals surface area contributed by atoms with Crippen molar-refractivity contribution >= 4 is 38.6 Å². The minimum atomic E-state index is -0.418. The van der Waals surface area contributed by atoms with E-state index in [4.69, 9.17) is 0 Å². The largest absolute Gasteiger partial charge is 0.310 e. The molecule has 0 heterocycles. The van der Waals surface area contributed by atoms with Crippen molar-refractivity contribution in [1.82, 2.24) is 0 Å². The van der Waals surface area contributed by atoms with Gasteiger partial charge in [0.2, 0.25) is 0 Å². The molecule has 2 aliphatic carbocycles. The van der Waals surface area contributed by atoms with E-state index in [0.29, 0.717) is 0 Å². The molecule has 1 heteroatoms. The maximum Gasteiger partial charge on any atom is 0.0726 e. The summed E-state index contributed by atoms with van der Waals surface area (Å²) in [5.41, 5.74) is 13.8. The number of para-hydroxylation sites is 1. The summed E-state index contributed by atoms with van der Waals surface area (Å²) < 4.78 is 0. The lowest BCUT2D eigenvalue weighted by atomic mass is 9.70. The fourth-order valence-corrected chi connectivity index (χ4v) is 8.36. The molecule has 0 N–H and O–H groups in total. The van der Waals surface area contributed by atoms with Crippen molar-refractivity contribution in [2.24, 2.45) is 0 Å². The minimum Gasteiger partial charge on any atom is -0.310 e. The highest BCUT2D eigenvalue weighted by Crippen LogP contribution is 2.63. The second-order valence-electron chi connectivity index (χ2n) is 12.5. The van der Waals surface area contributed by atoms with Gasteiger partial charge in [-0.15, -0.1) is 0 Å². The lowest BCUT2D eigenvalue weighted by molar-refractivity contribution is 0.795. The van der Waals surface area contributed by atoms with Crippen molar-refractivity contribution < 1.29 is 0 Å². The molecule has 0 unspecified atom stereocenters. The van der Waals surface area contributed by atoms with E-state index in [9.17, 15) is 0 Å². The molecule has 0 amide bonds. The lowest BCUT2D eigenvalue weighted by Gasteiger charge is -2.32. The summed E-state index contributed by atoms with van der Waals surface area (Å²) in [6.07, 6.45) is 0. The van der Waals surface area contributed by atoms with Crippen LogP contribution in [0.25, 0.3) is 43.8 Å². The van der Waals surface area contributed by atoms with Gasteiger partial charge >= 0.3 is 0 Å². The number of fused-ring (bicyclic) bond motifs is 12. The Morgan fingerprint density at radius 1 is 0.326 bits per heavy atom. The second kappa shape index (κ2) is 9.54. The first-order chi connectivity index (χ1) is 22.8. The van der Waals surface area contributed by atoms with E-state index in [-0.39, 0.29) is 0 Å². The Balaban J connectivity index is 1.32. The molecule has 1 spiro atoms. The molecule has 0 radical (unpaired) electrons. The van der Waals surface area contributed by atoms with Gasteiger partial charge in [-0.05, 0) is 103 Å². The number of hydrogen-bond donors (Lipinski definition) is 0. The number of anilines is 3. The van der Waals surface area contributed by atoms with Gasteiger partial charge in [0.1, 0.15) is 0 Å². The van der Waals surface area contributed by atoms with E-state index in [2.05, 4.69) is 181 Å². The molecule has 8 aromatic rings. The molecule has 2 aliphatic rings. The molecule has 0 saturated carbocycles. The van der Waals surface area contributed by atoms with Gasteiger partial charge in [0.05, 0.1) is 11.1 Å². The van der Waals surface area contributed by atoms with Crippen molar-refractivity contribution in [3.05, 3.63) is 198 Å². The van der Waals surface area contributed by atoms with Crippen molar-refractivity contribution in [3.63, 3.8) is 0 Å². The lowest BCUT2D eigenvalue weighted by Crippen LogP contribution is -2.26. The molecular formula is C45H29N. The highest BCUT2D eigenvalue weighted by Gasteiger charge is 2.51. The molecule has 214 valence electrons. The first-order valence-electron chi connectivity index (χ1n) is 16.0. The zero-order valence-electron chi connectivity index (χ0n) is 25.2. The molecule has 1 nitrogen and oxygen atoms in total. The van der Waals surface area contributed by atoms with Gasteiger partial charge in [-0.25, -0.2) is 0 Å². The molecule has 0 aromatic heterocycles. The molecular weight excluding hydrogens is 555 g/mol. The standard InChI is InChI=1S/C45H29N/c1-2-17-33(18-3-1)46(44-24-12-16-30-13-6-7-19-35(30)44)34-25-26-38-39-27-31-14-4-5-15-32(31)28-42(39)45(43(38)29-34)40-22-10-8-20-36(40)37-21-9-11-23-41(37)45/h1-29H. The Hall–Kier alpha value is -5.92. The zero-order chi connectivity index (χ0) is 30.2. The third-order valence-electron chi connectivity index (χ3n) is 10.2. The molecule has 0 saturated heterocycles. The Bertz CT molecular complexity index is 2440. The average Bonchev–Trinajstić information content (AvgIpc) is 3.58. The van der Waals surface area contributed by atoms with Crippen molar-refractivity contribution in [2.75, 3.05) is 4.90 Å². The average molecular weight is 584 g/mol. The molecule has 0 fully saturated rings. The van der Waals surface area contributed by atoms with Crippen LogP contribution in [0.4, 0.5) is 17.1 Å². The quantitative estimate of drug-likeness (QED) is 0.200. The number of hydrogen-bond acceptors (Lipinski definition) is 1. The van der Waals surface area contributed by atoms with Gasteiger partial charge in [0, 0.05) is 16.8 Å². The van der Waals surface area contributed by atoms with Gasteiger partial charge in [-0.3, -0.25) is 0 Å². The van der Waals surface area contributed by atoms with Gasteiger partial charge in [0.25, 0.3) is 0 Å². The van der Waals surface area contributed by atoms with E-state index < -0.39 is 5.41 Å². The van der Waals surface area contributed by atoms with Crippen LogP contribution in [0.15, 0.2) is 176 Å². The fraction of sp³-hybridized carbons (Fsp3) is 0.0222. The van der Waals surface area contributed by atoms with Crippen LogP contribution in [0.2, 0.25) is 0 Å². The van der Waals surface area contributed by atoms with Gasteiger partial charge in [-0.2, -0.15) is 0 Å². The molecule has 0 aliphatic heterocycles. The van der Waals surface area contributed by atoms with Crippen LogP contribution in [-0.4, -0.2) is 0 Å². The first-order valence-corrected chi connectivity index (χ1v) is 16.0. The number of nitrogens with zero attached hydrogens (tertiary/aromatic N) is 1. The topological polar surface area (TPSA) is 3.24 Å². The van der Waals surface area contributed by atoms with Crippen LogP contribution < -0.4 is 4.90 Å². The molecule has 10 rings (SSSR count). The molecule has 0 bridgehead atoms. The van der Waals surface area contributed by atoms with E-state index >= 15 is 0 Å². The highest BCUT2D eigenvalue weighted by atomic mass is 15.1. The molecule has 46 heavy (non-hydrogen) atoms. The maximum absolute atomic E-state index is 2.48. The summed E-state index contributed by atoms with van der Waals surface area (Å²) in [5, 5.41) is 5.01. The van der Waals surface area contributed by atoms with E-state index in [0.717, 1.165) is 11.4 Å². The fourth-order valence-electron chi connectivity index (χ4n) is 8.36. The van der Waals surface area contributed by atoms with Crippen LogP contribution in [0.3, 0.4) is 0 Å². The van der Waals surface area contributed by atoms with Crippen LogP contribution in [-0.2, 0) is 5.41 Å². The van der Waals surface area contributed by atoms with Crippen LogP contribution in [0.5, 0.6) is 0 Å². The highest BCUT2D eigenvalue weighted by molar-refractivity contribution is 6.02. The van der Waals surface area contributed by atoms with E-state index in [1.807, 2.05) is 0 Å². The van der Waals surface area contributed by atoms with Crippen molar-refractivity contribution in [3.8, 4) is 22.3 Å². The summed E-state index contributed by atoms with van der Waals surface area (Å²) in [4.78, 5) is 2.43. The molecule has 8 aromatic carbocycles. The normalized spacial score (nSPS) is 13.4. The Labute approximate surface area is 268 Å². The summed E-state index contributed by atoms with van der Waals surface area (Å²) in [6.45, 7) is 0.